The van der Waals surface area contributed by atoms with Crippen LogP contribution in [0.15, 0.2) is 24.3 Å². The molecule has 0 radical (unpaired) electrons. The number of rotatable bonds is 8. The Morgan fingerprint density at radius 1 is 1.22 bits per heavy atom. The van der Waals surface area contributed by atoms with Crippen molar-refractivity contribution in [3.8, 4) is 5.75 Å². The van der Waals surface area contributed by atoms with Crippen LogP contribution < -0.4 is 10.1 Å². The molecule has 0 heterocycles. The predicted molar refractivity (Wildman–Crippen MR) is 81.6 cm³/mol. The molecule has 1 N–H and O–H groups in total. The summed E-state index contributed by atoms with van der Waals surface area (Å²) in [7, 11) is 1.71. The van der Waals surface area contributed by atoms with E-state index >= 15 is 0 Å². The quantitative estimate of drug-likeness (QED) is 0.772. The van der Waals surface area contributed by atoms with Crippen molar-refractivity contribution < 1.29 is 4.74 Å². The maximum absolute atomic E-state index is 5.21. The number of ether oxygens (including phenoxy) is 1. The number of methoxy groups -OCH3 is 1. The lowest BCUT2D eigenvalue weighted by molar-refractivity contribution is 0.414. The van der Waals surface area contributed by atoms with Gasteiger partial charge in [0, 0.05) is 11.3 Å². The van der Waals surface area contributed by atoms with E-state index in [0.717, 1.165) is 24.5 Å². The molecule has 2 atom stereocenters. The van der Waals surface area contributed by atoms with Gasteiger partial charge in [-0.25, -0.2) is 0 Å². The van der Waals surface area contributed by atoms with Gasteiger partial charge in [0.1, 0.15) is 5.75 Å². The summed E-state index contributed by atoms with van der Waals surface area (Å²) in [6.07, 6.45) is 1.16. The van der Waals surface area contributed by atoms with Crippen molar-refractivity contribution >= 4 is 11.8 Å². The molecule has 0 bridgehead atoms. The molecule has 2 unspecified atom stereocenters. The van der Waals surface area contributed by atoms with Gasteiger partial charge in [-0.2, -0.15) is 11.8 Å². The van der Waals surface area contributed by atoms with Gasteiger partial charge in [-0.15, -0.1) is 0 Å². The molecular formula is C15H25NOS. The van der Waals surface area contributed by atoms with E-state index in [1.807, 2.05) is 23.9 Å². The summed E-state index contributed by atoms with van der Waals surface area (Å²) in [5.41, 5.74) is 1.35. The van der Waals surface area contributed by atoms with Gasteiger partial charge in [0.05, 0.1) is 7.11 Å². The van der Waals surface area contributed by atoms with Crippen molar-refractivity contribution in [1.29, 1.82) is 0 Å². The van der Waals surface area contributed by atoms with Crippen molar-refractivity contribution in [2.45, 2.75) is 38.5 Å². The molecule has 0 aromatic heterocycles. The monoisotopic (exact) mass is 267 g/mol. The first-order chi connectivity index (χ1) is 8.72. The summed E-state index contributed by atoms with van der Waals surface area (Å²) in [5, 5.41) is 4.22. The molecule has 0 saturated heterocycles. The van der Waals surface area contributed by atoms with E-state index in [-0.39, 0.29) is 0 Å². The van der Waals surface area contributed by atoms with Gasteiger partial charge in [0.25, 0.3) is 0 Å². The molecule has 0 aliphatic carbocycles. The minimum Gasteiger partial charge on any atom is -0.497 e. The average molecular weight is 267 g/mol. The smallest absolute Gasteiger partial charge is 0.118 e. The zero-order chi connectivity index (χ0) is 13.4. The summed E-state index contributed by atoms with van der Waals surface area (Å²) in [5.74, 6) is 2.07. The summed E-state index contributed by atoms with van der Waals surface area (Å²) >= 11 is 2.00. The lowest BCUT2D eigenvalue weighted by Gasteiger charge is -2.25. The molecule has 0 fully saturated rings. The van der Waals surface area contributed by atoms with E-state index in [9.17, 15) is 0 Å². The second-order valence-corrected chi connectivity index (χ2v) is 6.02. The largest absolute Gasteiger partial charge is 0.497 e. The lowest BCUT2D eigenvalue weighted by atomic mass is 10.0. The molecular weight excluding hydrogens is 242 g/mol. The number of nitrogens with one attached hydrogen (secondary N) is 1. The molecule has 18 heavy (non-hydrogen) atoms. The van der Waals surface area contributed by atoms with Crippen molar-refractivity contribution in [3.63, 3.8) is 0 Å². The normalized spacial score (nSPS) is 14.2. The fraction of sp³-hybridized carbons (Fsp3) is 0.600. The van der Waals surface area contributed by atoms with Crippen molar-refractivity contribution in [1.82, 2.24) is 5.32 Å². The first-order valence-corrected chi connectivity index (χ1v) is 7.76. The Hall–Kier alpha value is -0.670. The van der Waals surface area contributed by atoms with Gasteiger partial charge >= 0.3 is 0 Å². The lowest BCUT2D eigenvalue weighted by Crippen LogP contribution is -2.29. The van der Waals surface area contributed by atoms with Crippen LogP contribution in [0.4, 0.5) is 0 Å². The van der Waals surface area contributed by atoms with Crippen molar-refractivity contribution in [3.05, 3.63) is 29.8 Å². The average Bonchev–Trinajstić information content (AvgIpc) is 2.40. The topological polar surface area (TPSA) is 21.3 Å². The summed E-state index contributed by atoms with van der Waals surface area (Å²) < 4.78 is 5.21. The first-order valence-electron chi connectivity index (χ1n) is 6.71. The molecule has 2 nitrogen and oxygen atoms in total. The Labute approximate surface area is 116 Å². The van der Waals surface area contributed by atoms with Crippen LogP contribution in [0, 0.1) is 0 Å². The number of hydrogen-bond donors (Lipinski definition) is 1. The Morgan fingerprint density at radius 2 is 1.89 bits per heavy atom. The zero-order valence-corrected chi connectivity index (χ0v) is 12.7. The summed E-state index contributed by atoms with van der Waals surface area (Å²) in [6.45, 7) is 7.78. The summed E-state index contributed by atoms with van der Waals surface area (Å²) in [6, 6.07) is 8.83. The van der Waals surface area contributed by atoms with Crippen LogP contribution in [-0.4, -0.2) is 24.7 Å². The van der Waals surface area contributed by atoms with Gasteiger partial charge in [-0.05, 0) is 36.4 Å². The van der Waals surface area contributed by atoms with E-state index in [1.54, 1.807) is 7.11 Å². The molecule has 1 aromatic rings. The summed E-state index contributed by atoms with van der Waals surface area (Å²) in [4.78, 5) is 0. The maximum Gasteiger partial charge on any atom is 0.118 e. The predicted octanol–water partition coefficient (Wildman–Crippen LogP) is 3.88. The standard InChI is InChI=1S/C15H25NOS/c1-5-11-16-15(12(3)18-6-2)13-7-9-14(17-4)10-8-13/h7-10,12,15-16H,5-6,11H2,1-4H3. The number of hydrogen-bond acceptors (Lipinski definition) is 3. The van der Waals surface area contributed by atoms with E-state index in [4.69, 9.17) is 4.74 Å². The third-order valence-corrected chi connectivity index (χ3v) is 4.12. The highest BCUT2D eigenvalue weighted by atomic mass is 32.2. The second-order valence-electron chi connectivity index (χ2n) is 4.37. The van der Waals surface area contributed by atoms with Gasteiger partial charge in [0.15, 0.2) is 0 Å². The van der Waals surface area contributed by atoms with E-state index < -0.39 is 0 Å². The zero-order valence-electron chi connectivity index (χ0n) is 11.9. The molecule has 1 aromatic carbocycles. The maximum atomic E-state index is 5.21. The van der Waals surface area contributed by atoms with Gasteiger partial charge in [0.2, 0.25) is 0 Å². The molecule has 0 saturated carbocycles. The molecule has 0 aliphatic heterocycles. The number of thioether (sulfide) groups is 1. The molecule has 0 amide bonds. The highest BCUT2D eigenvalue weighted by Crippen LogP contribution is 2.27. The highest BCUT2D eigenvalue weighted by Gasteiger charge is 2.18. The van der Waals surface area contributed by atoms with Gasteiger partial charge in [-0.3, -0.25) is 0 Å². The highest BCUT2D eigenvalue weighted by molar-refractivity contribution is 7.99. The van der Waals surface area contributed by atoms with E-state index in [0.29, 0.717) is 11.3 Å². The first kappa shape index (κ1) is 15.4. The minimum atomic E-state index is 0.417. The minimum absolute atomic E-state index is 0.417. The second kappa shape index (κ2) is 8.44. The fourth-order valence-corrected chi connectivity index (χ4v) is 3.00. The van der Waals surface area contributed by atoms with Crippen LogP contribution in [0.1, 0.15) is 38.8 Å². The van der Waals surface area contributed by atoms with E-state index in [2.05, 4.69) is 38.2 Å². The van der Waals surface area contributed by atoms with E-state index in [1.165, 1.54) is 5.56 Å². The van der Waals surface area contributed by atoms with Crippen LogP contribution >= 0.6 is 11.8 Å². The Morgan fingerprint density at radius 3 is 2.39 bits per heavy atom. The molecule has 3 heteroatoms. The molecule has 0 aliphatic rings. The SMILES string of the molecule is CCCNC(c1ccc(OC)cc1)C(C)SCC. The van der Waals surface area contributed by atoms with Crippen LogP contribution in [0.3, 0.4) is 0 Å². The third kappa shape index (κ3) is 4.54. The van der Waals surface area contributed by atoms with Crippen LogP contribution in [0.25, 0.3) is 0 Å². The van der Waals surface area contributed by atoms with Crippen LogP contribution in [-0.2, 0) is 0 Å². The Kier molecular flexibility index (Phi) is 7.21. The fourth-order valence-electron chi connectivity index (χ4n) is 2.03. The molecule has 1 rings (SSSR count). The van der Waals surface area contributed by atoms with Crippen molar-refractivity contribution in [2.75, 3.05) is 19.4 Å². The van der Waals surface area contributed by atoms with Crippen molar-refractivity contribution in [2.24, 2.45) is 0 Å². The van der Waals surface area contributed by atoms with Gasteiger partial charge in [-0.1, -0.05) is 32.9 Å². The molecule has 102 valence electrons. The van der Waals surface area contributed by atoms with Gasteiger partial charge < -0.3 is 10.1 Å². The van der Waals surface area contributed by atoms with Crippen LogP contribution in [0.2, 0.25) is 0 Å². The third-order valence-electron chi connectivity index (χ3n) is 2.99. The molecule has 0 spiro atoms. The van der Waals surface area contributed by atoms with Crippen LogP contribution in [0.5, 0.6) is 5.75 Å². The Bertz CT molecular complexity index is 326. The Balaban J connectivity index is 2.79. The number of benzene rings is 1.